The van der Waals surface area contributed by atoms with E-state index >= 15 is 0 Å². The number of rotatable bonds is 0. The van der Waals surface area contributed by atoms with E-state index in [4.69, 9.17) is 0 Å². The van der Waals surface area contributed by atoms with Crippen LogP contribution in [0.4, 0.5) is 0 Å². The third-order valence-electron chi connectivity index (χ3n) is 7.88. The first kappa shape index (κ1) is 18.5. The molecule has 5 rings (SSSR count). The first-order valence-electron chi connectivity index (χ1n) is 11.9. The molecule has 0 heterocycles. The normalized spacial score (nSPS) is 21.1. The number of hydrogen-bond donors (Lipinski definition) is 0. The van der Waals surface area contributed by atoms with Gasteiger partial charge < -0.3 is 0 Å². The lowest BCUT2D eigenvalue weighted by molar-refractivity contribution is 0.309. The molecule has 0 unspecified atom stereocenters. The van der Waals surface area contributed by atoms with Crippen LogP contribution in [-0.2, 0) is 38.5 Å². The summed E-state index contributed by atoms with van der Waals surface area (Å²) >= 11 is 0. The molecule has 2 aromatic rings. The maximum Gasteiger partial charge on any atom is -0.0111 e. The second-order valence-corrected chi connectivity index (χ2v) is 10.4. The van der Waals surface area contributed by atoms with Gasteiger partial charge in [0, 0.05) is 0 Å². The highest BCUT2D eigenvalue weighted by Gasteiger charge is 2.28. The Morgan fingerprint density at radius 2 is 0.929 bits per heavy atom. The number of aryl methyl sites for hydroxylation is 4. The Morgan fingerprint density at radius 3 is 1.50 bits per heavy atom. The molecule has 0 fully saturated rings. The summed E-state index contributed by atoms with van der Waals surface area (Å²) in [6, 6.07) is 10.0. The van der Waals surface area contributed by atoms with Crippen molar-refractivity contribution in [1.29, 1.82) is 0 Å². The summed E-state index contributed by atoms with van der Waals surface area (Å²) < 4.78 is 0. The van der Waals surface area contributed by atoms with Gasteiger partial charge in [-0.3, -0.25) is 0 Å². The van der Waals surface area contributed by atoms with Crippen LogP contribution >= 0.6 is 0 Å². The number of fused-ring (bicyclic) bond motifs is 7. The fourth-order valence-corrected chi connectivity index (χ4v) is 6.04. The summed E-state index contributed by atoms with van der Waals surface area (Å²) in [6.07, 6.45) is 17.2. The van der Waals surface area contributed by atoms with Crippen molar-refractivity contribution >= 4 is 0 Å². The predicted molar refractivity (Wildman–Crippen MR) is 120 cm³/mol. The van der Waals surface area contributed by atoms with E-state index in [0.29, 0.717) is 5.41 Å². The van der Waals surface area contributed by atoms with Crippen LogP contribution < -0.4 is 0 Å². The van der Waals surface area contributed by atoms with E-state index in [1.54, 1.807) is 44.5 Å². The Bertz CT molecular complexity index is 883. The highest BCUT2D eigenvalue weighted by atomic mass is 14.3. The molecule has 148 valence electrons. The molecular weight excluding hydrogens is 336 g/mol. The van der Waals surface area contributed by atoms with Gasteiger partial charge >= 0.3 is 0 Å². The van der Waals surface area contributed by atoms with Crippen molar-refractivity contribution in [3.05, 3.63) is 57.6 Å². The highest BCUT2D eigenvalue weighted by Crippen LogP contribution is 2.44. The highest BCUT2D eigenvalue weighted by molar-refractivity contribution is 5.79. The van der Waals surface area contributed by atoms with Crippen LogP contribution in [-0.4, -0.2) is 0 Å². The molecule has 0 spiro atoms. The standard InChI is InChI=1S/C28H36/c1-28(2)18-16-22-14-12-20-8-4-3-5-10-24(20)26(22)27-23(17-19-28)15-13-21-9-6-7-11-25(21)27/h12-15H,3-11,16-19H2,1-2H3. The molecule has 0 amide bonds. The van der Waals surface area contributed by atoms with Gasteiger partial charge in [-0.2, -0.15) is 0 Å². The molecule has 0 saturated carbocycles. The first-order valence-corrected chi connectivity index (χ1v) is 11.9. The Labute approximate surface area is 171 Å². The monoisotopic (exact) mass is 372 g/mol. The van der Waals surface area contributed by atoms with Crippen molar-refractivity contribution in [2.24, 2.45) is 5.41 Å². The molecule has 0 radical (unpaired) electrons. The molecule has 0 N–H and O–H groups in total. The van der Waals surface area contributed by atoms with Gasteiger partial charge in [-0.15, -0.1) is 0 Å². The minimum absolute atomic E-state index is 0.432. The topological polar surface area (TPSA) is 0 Å². The van der Waals surface area contributed by atoms with Gasteiger partial charge in [0.2, 0.25) is 0 Å². The van der Waals surface area contributed by atoms with E-state index in [9.17, 15) is 0 Å². The molecule has 28 heavy (non-hydrogen) atoms. The predicted octanol–water partition coefficient (Wildman–Crippen LogP) is 7.41. The van der Waals surface area contributed by atoms with E-state index in [1.165, 1.54) is 83.5 Å². The lowest BCUT2D eigenvalue weighted by atomic mass is 9.78. The zero-order valence-electron chi connectivity index (χ0n) is 18.0. The summed E-state index contributed by atoms with van der Waals surface area (Å²) in [4.78, 5) is 0. The number of benzene rings is 2. The summed E-state index contributed by atoms with van der Waals surface area (Å²) in [5, 5.41) is 0. The van der Waals surface area contributed by atoms with Gasteiger partial charge in [0.25, 0.3) is 0 Å². The third kappa shape index (κ3) is 3.34. The van der Waals surface area contributed by atoms with Crippen molar-refractivity contribution in [2.45, 2.75) is 97.3 Å². The molecule has 0 saturated heterocycles. The van der Waals surface area contributed by atoms with Crippen LogP contribution in [0.15, 0.2) is 24.3 Å². The summed E-state index contributed by atoms with van der Waals surface area (Å²) in [5.74, 6) is 0. The molecule has 0 heteroatoms. The van der Waals surface area contributed by atoms with Crippen LogP contribution in [0.3, 0.4) is 0 Å². The lowest BCUT2D eigenvalue weighted by Crippen LogP contribution is -2.13. The Kier molecular flexibility index (Phi) is 4.85. The molecular formula is C28H36. The van der Waals surface area contributed by atoms with Crippen LogP contribution in [0.2, 0.25) is 0 Å². The molecule has 0 nitrogen and oxygen atoms in total. The fourth-order valence-electron chi connectivity index (χ4n) is 6.04. The average molecular weight is 373 g/mol. The van der Waals surface area contributed by atoms with Gasteiger partial charge in [0.15, 0.2) is 0 Å². The van der Waals surface area contributed by atoms with Crippen molar-refractivity contribution in [3.63, 3.8) is 0 Å². The largest absolute Gasteiger partial charge is 0.0599 e. The fraction of sp³-hybridized carbons (Fsp3) is 0.571. The molecule has 3 aliphatic carbocycles. The van der Waals surface area contributed by atoms with Gasteiger partial charge in [0.05, 0.1) is 0 Å². The maximum absolute atomic E-state index is 2.52. The zero-order chi connectivity index (χ0) is 19.1. The zero-order valence-corrected chi connectivity index (χ0v) is 18.0. The lowest BCUT2D eigenvalue weighted by Gasteiger charge is -2.26. The van der Waals surface area contributed by atoms with E-state index in [2.05, 4.69) is 38.1 Å². The molecule has 0 aromatic heterocycles. The molecule has 3 aliphatic rings. The Morgan fingerprint density at radius 1 is 0.500 bits per heavy atom. The molecule has 2 aromatic carbocycles. The minimum Gasteiger partial charge on any atom is -0.0599 e. The SMILES string of the molecule is CC1(C)CCc2ccc3c(c2-c2c(ccc4c2CCCC4)CC1)CCCCC3. The van der Waals surface area contributed by atoms with Crippen molar-refractivity contribution in [3.8, 4) is 11.1 Å². The smallest absolute Gasteiger partial charge is 0.0111 e. The van der Waals surface area contributed by atoms with Gasteiger partial charge in [-0.1, -0.05) is 44.5 Å². The van der Waals surface area contributed by atoms with Crippen molar-refractivity contribution in [2.75, 3.05) is 0 Å². The van der Waals surface area contributed by atoms with Crippen LogP contribution in [0.25, 0.3) is 11.1 Å². The van der Waals surface area contributed by atoms with Gasteiger partial charge in [0.1, 0.15) is 0 Å². The van der Waals surface area contributed by atoms with E-state index in [-0.39, 0.29) is 0 Å². The Hall–Kier alpha value is -1.56. The maximum atomic E-state index is 2.52. The van der Waals surface area contributed by atoms with E-state index in [0.717, 1.165) is 0 Å². The number of hydrogen-bond acceptors (Lipinski definition) is 0. The van der Waals surface area contributed by atoms with Gasteiger partial charge in [-0.25, -0.2) is 0 Å². The quantitative estimate of drug-likeness (QED) is 0.422. The summed E-state index contributed by atoms with van der Waals surface area (Å²) in [7, 11) is 0. The summed E-state index contributed by atoms with van der Waals surface area (Å²) in [5.41, 5.74) is 13.9. The van der Waals surface area contributed by atoms with Crippen LogP contribution in [0, 0.1) is 5.41 Å². The molecule has 0 atom stereocenters. The second-order valence-electron chi connectivity index (χ2n) is 10.4. The van der Waals surface area contributed by atoms with E-state index < -0.39 is 0 Å². The first-order chi connectivity index (χ1) is 13.6. The van der Waals surface area contributed by atoms with Crippen molar-refractivity contribution < 1.29 is 0 Å². The second kappa shape index (κ2) is 7.36. The Balaban J connectivity index is 1.79. The molecule has 0 bridgehead atoms. The average Bonchev–Trinajstić information content (AvgIpc) is 2.93. The summed E-state index contributed by atoms with van der Waals surface area (Å²) in [6.45, 7) is 4.97. The van der Waals surface area contributed by atoms with Crippen molar-refractivity contribution in [1.82, 2.24) is 0 Å². The van der Waals surface area contributed by atoms with Crippen LogP contribution in [0.1, 0.15) is 92.2 Å². The van der Waals surface area contributed by atoms with Crippen LogP contribution in [0.5, 0.6) is 0 Å². The minimum atomic E-state index is 0.432. The van der Waals surface area contributed by atoms with E-state index in [1.807, 2.05) is 0 Å². The molecule has 0 aliphatic heterocycles. The third-order valence-corrected chi connectivity index (χ3v) is 7.88. The van der Waals surface area contributed by atoms with Gasteiger partial charge in [-0.05, 0) is 127 Å².